The van der Waals surface area contributed by atoms with Gasteiger partial charge >= 0.3 is 0 Å². The minimum absolute atomic E-state index is 0.0385. The quantitative estimate of drug-likeness (QED) is 0.877. The number of rotatable bonds is 3. The number of hydrogen-bond donors (Lipinski definition) is 1. The third kappa shape index (κ3) is 2.96. The first-order chi connectivity index (χ1) is 8.58. The Hall–Kier alpha value is -1.22. The molecule has 0 saturated heterocycles. The molecule has 0 radical (unpaired) electrons. The minimum Gasteiger partial charge on any atom is -0.456 e. The van der Waals surface area contributed by atoms with Gasteiger partial charge in [0, 0.05) is 6.04 Å². The fourth-order valence-corrected chi connectivity index (χ4v) is 1.88. The van der Waals surface area contributed by atoms with E-state index >= 15 is 0 Å². The molecule has 0 aromatic heterocycles. The van der Waals surface area contributed by atoms with Crippen LogP contribution >= 0.6 is 23.2 Å². The molecular weight excluding hydrogens is 269 g/mol. The van der Waals surface area contributed by atoms with Crippen LogP contribution in [0.3, 0.4) is 0 Å². The van der Waals surface area contributed by atoms with Gasteiger partial charge < -0.3 is 10.5 Å². The maximum atomic E-state index is 6.06. The molecule has 2 aromatic carbocycles. The zero-order chi connectivity index (χ0) is 13.1. The topological polar surface area (TPSA) is 35.2 Å². The standard InChI is InChI=1S/C14H13Cl2NO/c1-9(17)10-4-2-5-11(8-10)18-13-7-3-6-12(15)14(13)16/h2-9H,17H2,1H3. The van der Waals surface area contributed by atoms with Crippen molar-refractivity contribution < 1.29 is 4.74 Å². The number of nitrogens with two attached hydrogens (primary N) is 1. The van der Waals surface area contributed by atoms with E-state index in [4.69, 9.17) is 33.7 Å². The second-order valence-electron chi connectivity index (χ2n) is 4.02. The molecule has 18 heavy (non-hydrogen) atoms. The highest BCUT2D eigenvalue weighted by Crippen LogP contribution is 2.34. The predicted molar refractivity (Wildman–Crippen MR) is 75.6 cm³/mol. The van der Waals surface area contributed by atoms with E-state index in [0.29, 0.717) is 21.5 Å². The summed E-state index contributed by atoms with van der Waals surface area (Å²) < 4.78 is 5.71. The Kier molecular flexibility index (Phi) is 4.12. The molecule has 2 rings (SSSR count). The first kappa shape index (κ1) is 13.2. The van der Waals surface area contributed by atoms with Crippen LogP contribution in [0.1, 0.15) is 18.5 Å². The lowest BCUT2D eigenvalue weighted by atomic mass is 10.1. The van der Waals surface area contributed by atoms with E-state index in [1.165, 1.54) is 0 Å². The summed E-state index contributed by atoms with van der Waals surface area (Å²) in [6, 6.07) is 12.8. The molecule has 0 aliphatic heterocycles. The maximum absolute atomic E-state index is 6.06. The van der Waals surface area contributed by atoms with Crippen molar-refractivity contribution in [2.45, 2.75) is 13.0 Å². The van der Waals surface area contributed by atoms with Crippen LogP contribution < -0.4 is 10.5 Å². The average Bonchev–Trinajstić information content (AvgIpc) is 2.35. The molecule has 0 aliphatic rings. The van der Waals surface area contributed by atoms with Crippen LogP contribution in [0.2, 0.25) is 10.0 Å². The highest BCUT2D eigenvalue weighted by Gasteiger charge is 2.07. The van der Waals surface area contributed by atoms with Crippen LogP contribution in [0.4, 0.5) is 0 Å². The summed E-state index contributed by atoms with van der Waals surface area (Å²) in [6.45, 7) is 1.92. The first-order valence-electron chi connectivity index (χ1n) is 5.55. The van der Waals surface area contributed by atoms with Crippen LogP contribution in [0.5, 0.6) is 11.5 Å². The van der Waals surface area contributed by atoms with Gasteiger partial charge in [-0.2, -0.15) is 0 Å². The van der Waals surface area contributed by atoms with E-state index < -0.39 is 0 Å². The predicted octanol–water partition coefficient (Wildman–Crippen LogP) is 4.81. The Morgan fingerprint density at radius 2 is 1.83 bits per heavy atom. The van der Waals surface area contributed by atoms with Crippen LogP contribution in [0.15, 0.2) is 42.5 Å². The SMILES string of the molecule is CC(N)c1cccc(Oc2cccc(Cl)c2Cl)c1. The molecular formula is C14H13Cl2NO. The molecule has 4 heteroatoms. The minimum atomic E-state index is -0.0385. The van der Waals surface area contributed by atoms with Crippen molar-refractivity contribution in [1.82, 2.24) is 0 Å². The van der Waals surface area contributed by atoms with E-state index in [9.17, 15) is 0 Å². The molecule has 0 saturated carbocycles. The monoisotopic (exact) mass is 281 g/mol. The van der Waals surface area contributed by atoms with Crippen molar-refractivity contribution in [3.05, 3.63) is 58.1 Å². The highest BCUT2D eigenvalue weighted by atomic mass is 35.5. The third-order valence-electron chi connectivity index (χ3n) is 2.53. The zero-order valence-electron chi connectivity index (χ0n) is 9.86. The van der Waals surface area contributed by atoms with Crippen molar-refractivity contribution in [3.8, 4) is 11.5 Å². The molecule has 0 heterocycles. The van der Waals surface area contributed by atoms with Crippen LogP contribution in [-0.4, -0.2) is 0 Å². The molecule has 0 spiro atoms. The fraction of sp³-hybridized carbons (Fsp3) is 0.143. The van der Waals surface area contributed by atoms with Gasteiger partial charge in [-0.3, -0.25) is 0 Å². The fourth-order valence-electron chi connectivity index (χ4n) is 1.55. The summed E-state index contributed by atoms with van der Waals surface area (Å²) in [4.78, 5) is 0. The van der Waals surface area contributed by atoms with Gasteiger partial charge in [0.2, 0.25) is 0 Å². The summed E-state index contributed by atoms with van der Waals surface area (Å²) >= 11 is 12.0. The summed E-state index contributed by atoms with van der Waals surface area (Å²) in [6.07, 6.45) is 0. The summed E-state index contributed by atoms with van der Waals surface area (Å²) in [5.41, 5.74) is 6.83. The summed E-state index contributed by atoms with van der Waals surface area (Å²) in [5.74, 6) is 1.22. The van der Waals surface area contributed by atoms with Gasteiger partial charge in [0.25, 0.3) is 0 Å². The largest absolute Gasteiger partial charge is 0.456 e. The van der Waals surface area contributed by atoms with Crippen molar-refractivity contribution >= 4 is 23.2 Å². The Morgan fingerprint density at radius 1 is 1.11 bits per heavy atom. The van der Waals surface area contributed by atoms with Gasteiger partial charge in [0.15, 0.2) is 0 Å². The third-order valence-corrected chi connectivity index (χ3v) is 3.33. The van der Waals surface area contributed by atoms with E-state index in [0.717, 1.165) is 5.56 Å². The summed E-state index contributed by atoms with van der Waals surface area (Å²) in [5, 5.41) is 0.878. The molecule has 0 aliphatic carbocycles. The van der Waals surface area contributed by atoms with Crippen molar-refractivity contribution in [3.63, 3.8) is 0 Å². The van der Waals surface area contributed by atoms with Gasteiger partial charge in [-0.25, -0.2) is 0 Å². The number of halogens is 2. The normalized spacial score (nSPS) is 12.2. The number of hydrogen-bond acceptors (Lipinski definition) is 2. The second-order valence-corrected chi connectivity index (χ2v) is 4.80. The van der Waals surface area contributed by atoms with E-state index in [1.807, 2.05) is 31.2 Å². The Balaban J connectivity index is 2.28. The molecule has 0 fully saturated rings. The number of ether oxygens (including phenoxy) is 1. The second kappa shape index (κ2) is 5.61. The molecule has 0 amide bonds. The maximum Gasteiger partial charge on any atom is 0.147 e. The van der Waals surface area contributed by atoms with Crippen molar-refractivity contribution in [2.24, 2.45) is 5.73 Å². The van der Waals surface area contributed by atoms with Gasteiger partial charge in [0.05, 0.1) is 5.02 Å². The van der Waals surface area contributed by atoms with Crippen LogP contribution in [0.25, 0.3) is 0 Å². The molecule has 94 valence electrons. The smallest absolute Gasteiger partial charge is 0.147 e. The van der Waals surface area contributed by atoms with Gasteiger partial charge in [0.1, 0.15) is 16.5 Å². The average molecular weight is 282 g/mol. The lowest BCUT2D eigenvalue weighted by Crippen LogP contribution is -2.04. The zero-order valence-corrected chi connectivity index (χ0v) is 11.4. The molecule has 0 bridgehead atoms. The molecule has 1 atom stereocenters. The molecule has 2 N–H and O–H groups in total. The summed E-state index contributed by atoms with van der Waals surface area (Å²) in [7, 11) is 0. The van der Waals surface area contributed by atoms with Gasteiger partial charge in [-0.1, -0.05) is 41.4 Å². The van der Waals surface area contributed by atoms with Gasteiger partial charge in [-0.15, -0.1) is 0 Å². The highest BCUT2D eigenvalue weighted by molar-refractivity contribution is 6.42. The van der Waals surface area contributed by atoms with E-state index in [1.54, 1.807) is 18.2 Å². The van der Waals surface area contributed by atoms with Crippen LogP contribution in [-0.2, 0) is 0 Å². The Bertz CT molecular complexity index is 555. The lowest BCUT2D eigenvalue weighted by Gasteiger charge is -2.11. The van der Waals surface area contributed by atoms with Crippen LogP contribution in [0, 0.1) is 0 Å². The molecule has 2 aromatic rings. The Labute approximate surface area is 116 Å². The van der Waals surface area contributed by atoms with E-state index in [2.05, 4.69) is 0 Å². The van der Waals surface area contributed by atoms with E-state index in [-0.39, 0.29) is 6.04 Å². The Morgan fingerprint density at radius 3 is 2.56 bits per heavy atom. The van der Waals surface area contributed by atoms with Crippen molar-refractivity contribution in [2.75, 3.05) is 0 Å². The molecule has 1 unspecified atom stereocenters. The lowest BCUT2D eigenvalue weighted by molar-refractivity contribution is 0.481. The molecule has 2 nitrogen and oxygen atoms in total. The first-order valence-corrected chi connectivity index (χ1v) is 6.31. The number of benzene rings is 2. The van der Waals surface area contributed by atoms with Gasteiger partial charge in [-0.05, 0) is 36.8 Å². The van der Waals surface area contributed by atoms with Crippen molar-refractivity contribution in [1.29, 1.82) is 0 Å².